The monoisotopic (exact) mass is 250 g/mol. The summed E-state index contributed by atoms with van der Waals surface area (Å²) >= 11 is 0. The molecule has 0 saturated heterocycles. The van der Waals surface area contributed by atoms with Crippen LogP contribution in [0.2, 0.25) is 0 Å². The van der Waals surface area contributed by atoms with Crippen molar-refractivity contribution in [1.82, 2.24) is 0 Å². The summed E-state index contributed by atoms with van der Waals surface area (Å²) in [7, 11) is 0. The number of hydrogen-bond acceptors (Lipinski definition) is 1. The minimum absolute atomic E-state index is 0.238. The molecular weight excluding hydrogens is 227 g/mol. The van der Waals surface area contributed by atoms with Crippen molar-refractivity contribution in [2.45, 2.75) is 51.6 Å². The van der Waals surface area contributed by atoms with Crippen LogP contribution >= 0.6 is 0 Å². The van der Waals surface area contributed by atoms with Gasteiger partial charge in [-0.2, -0.15) is 0 Å². The minimum atomic E-state index is -0.426. The van der Waals surface area contributed by atoms with Crippen molar-refractivity contribution in [2.75, 3.05) is 0 Å². The first-order valence-electron chi connectivity index (χ1n) is 7.14. The molecule has 0 heterocycles. The predicted molar refractivity (Wildman–Crippen MR) is 71.7 cm³/mol. The lowest BCUT2D eigenvalue weighted by atomic mass is 9.76. The van der Waals surface area contributed by atoms with Crippen molar-refractivity contribution in [3.8, 4) is 0 Å². The van der Waals surface area contributed by atoms with Crippen molar-refractivity contribution >= 4 is 0 Å². The highest BCUT2D eigenvalue weighted by atomic mass is 19.1. The van der Waals surface area contributed by atoms with Gasteiger partial charge in [0.15, 0.2) is 0 Å². The highest BCUT2D eigenvalue weighted by Crippen LogP contribution is 2.38. The molecule has 0 unspecified atom stereocenters. The Kier molecular flexibility index (Phi) is 4.76. The molecule has 1 aromatic carbocycles. The van der Waals surface area contributed by atoms with E-state index in [-0.39, 0.29) is 5.82 Å². The number of aliphatic hydroxyl groups is 1. The Bertz CT molecular complexity index is 358. The molecule has 3 atom stereocenters. The van der Waals surface area contributed by atoms with E-state index in [1.807, 2.05) is 0 Å². The zero-order chi connectivity index (χ0) is 13.0. The maximum absolute atomic E-state index is 12.9. The summed E-state index contributed by atoms with van der Waals surface area (Å²) in [6.45, 7) is 2.22. The van der Waals surface area contributed by atoms with Crippen molar-refractivity contribution < 1.29 is 9.50 Å². The van der Waals surface area contributed by atoms with Gasteiger partial charge in [-0.05, 0) is 42.4 Å². The summed E-state index contributed by atoms with van der Waals surface area (Å²) < 4.78 is 12.9. The summed E-state index contributed by atoms with van der Waals surface area (Å²) in [5.41, 5.74) is 0.860. The molecule has 1 fully saturated rings. The molecule has 0 amide bonds. The van der Waals surface area contributed by atoms with Crippen LogP contribution in [0.4, 0.5) is 4.39 Å². The van der Waals surface area contributed by atoms with Crippen LogP contribution in [-0.2, 0) is 0 Å². The maximum Gasteiger partial charge on any atom is 0.123 e. The summed E-state index contributed by atoms with van der Waals surface area (Å²) in [4.78, 5) is 0. The Morgan fingerprint density at radius 3 is 2.67 bits per heavy atom. The molecule has 2 rings (SSSR count). The molecule has 18 heavy (non-hydrogen) atoms. The second-order valence-electron chi connectivity index (χ2n) is 5.58. The molecule has 0 spiro atoms. The molecular formula is C16H23FO. The third kappa shape index (κ3) is 3.32. The lowest BCUT2D eigenvalue weighted by molar-refractivity contribution is 0.0667. The lowest BCUT2D eigenvalue weighted by Crippen LogP contribution is -2.21. The van der Waals surface area contributed by atoms with Gasteiger partial charge >= 0.3 is 0 Å². The van der Waals surface area contributed by atoms with Crippen molar-refractivity contribution in [3.63, 3.8) is 0 Å². The first kappa shape index (κ1) is 13.5. The molecule has 2 heteroatoms. The summed E-state index contributed by atoms with van der Waals surface area (Å²) in [6, 6.07) is 6.29. The molecule has 0 aliphatic heterocycles. The lowest BCUT2D eigenvalue weighted by Gasteiger charge is -2.32. The SMILES string of the molecule is CCC[C@@H]1CCC[C@H]([C@H](O)c2ccc(F)cc2)C1. The van der Waals surface area contributed by atoms with Crippen molar-refractivity contribution in [1.29, 1.82) is 0 Å². The second-order valence-corrected chi connectivity index (χ2v) is 5.58. The molecule has 1 aliphatic carbocycles. The zero-order valence-corrected chi connectivity index (χ0v) is 11.1. The molecule has 0 bridgehead atoms. The van der Waals surface area contributed by atoms with Crippen molar-refractivity contribution in [3.05, 3.63) is 35.6 Å². The number of benzene rings is 1. The summed E-state index contributed by atoms with van der Waals surface area (Å²) in [5, 5.41) is 10.4. The predicted octanol–water partition coefficient (Wildman–Crippen LogP) is 4.47. The van der Waals surface area contributed by atoms with Gasteiger partial charge in [-0.15, -0.1) is 0 Å². The molecule has 1 aromatic rings. The Labute approximate surface area is 109 Å². The molecule has 100 valence electrons. The van der Waals surface area contributed by atoms with E-state index in [0.717, 1.165) is 24.3 Å². The topological polar surface area (TPSA) is 20.2 Å². The summed E-state index contributed by atoms with van der Waals surface area (Å²) in [6.07, 6.45) is 6.81. The van der Waals surface area contributed by atoms with Gasteiger partial charge in [0, 0.05) is 0 Å². The average Bonchev–Trinajstić information content (AvgIpc) is 2.39. The number of halogens is 1. The number of aliphatic hydroxyl groups excluding tert-OH is 1. The third-order valence-electron chi connectivity index (χ3n) is 4.18. The van der Waals surface area contributed by atoms with E-state index in [4.69, 9.17) is 0 Å². The van der Waals surface area contributed by atoms with Gasteiger partial charge in [-0.1, -0.05) is 44.7 Å². The van der Waals surface area contributed by atoms with Gasteiger partial charge in [0.25, 0.3) is 0 Å². The van der Waals surface area contributed by atoms with Gasteiger partial charge in [-0.3, -0.25) is 0 Å². The molecule has 1 nitrogen and oxygen atoms in total. The van der Waals surface area contributed by atoms with Crippen LogP contribution in [0, 0.1) is 17.7 Å². The number of hydrogen-bond donors (Lipinski definition) is 1. The smallest absolute Gasteiger partial charge is 0.123 e. The fourth-order valence-electron chi connectivity index (χ4n) is 3.22. The van der Waals surface area contributed by atoms with Crippen LogP contribution in [0.3, 0.4) is 0 Å². The Morgan fingerprint density at radius 2 is 2.00 bits per heavy atom. The first-order chi connectivity index (χ1) is 8.70. The zero-order valence-electron chi connectivity index (χ0n) is 11.1. The standard InChI is InChI=1S/C16H23FO/c1-2-4-12-5-3-6-14(11-12)16(18)13-7-9-15(17)10-8-13/h7-10,12,14,16,18H,2-6,11H2,1H3/t12-,14+,16-/m1/s1. The largest absolute Gasteiger partial charge is 0.388 e. The van der Waals surface area contributed by atoms with Gasteiger partial charge in [0.05, 0.1) is 6.10 Å². The van der Waals surface area contributed by atoms with Crippen LogP contribution in [-0.4, -0.2) is 5.11 Å². The van der Waals surface area contributed by atoms with Crippen LogP contribution < -0.4 is 0 Å². The minimum Gasteiger partial charge on any atom is -0.388 e. The molecule has 1 saturated carbocycles. The third-order valence-corrected chi connectivity index (χ3v) is 4.18. The van der Waals surface area contributed by atoms with E-state index in [1.165, 1.54) is 37.8 Å². The van der Waals surface area contributed by atoms with Crippen molar-refractivity contribution in [2.24, 2.45) is 11.8 Å². The fraction of sp³-hybridized carbons (Fsp3) is 0.625. The normalized spacial score (nSPS) is 25.9. The van der Waals surface area contributed by atoms with E-state index in [2.05, 4.69) is 6.92 Å². The second kappa shape index (κ2) is 6.33. The van der Waals surface area contributed by atoms with Gasteiger partial charge in [-0.25, -0.2) is 4.39 Å². The fourth-order valence-corrected chi connectivity index (χ4v) is 3.22. The van der Waals surface area contributed by atoms with Gasteiger partial charge in [0.1, 0.15) is 5.82 Å². The van der Waals surface area contributed by atoms with E-state index in [9.17, 15) is 9.50 Å². The van der Waals surface area contributed by atoms with Crippen LogP contribution in [0.15, 0.2) is 24.3 Å². The quantitative estimate of drug-likeness (QED) is 0.836. The molecule has 0 aromatic heterocycles. The Morgan fingerprint density at radius 1 is 1.28 bits per heavy atom. The molecule has 0 radical (unpaired) electrons. The van der Waals surface area contributed by atoms with E-state index < -0.39 is 6.10 Å². The van der Waals surface area contributed by atoms with Crippen LogP contribution in [0.25, 0.3) is 0 Å². The summed E-state index contributed by atoms with van der Waals surface area (Å²) in [5.74, 6) is 0.878. The molecule has 1 N–H and O–H groups in total. The van der Waals surface area contributed by atoms with Crippen LogP contribution in [0.1, 0.15) is 57.1 Å². The van der Waals surface area contributed by atoms with E-state index in [0.29, 0.717) is 5.92 Å². The highest BCUT2D eigenvalue weighted by molar-refractivity contribution is 5.19. The van der Waals surface area contributed by atoms with E-state index in [1.54, 1.807) is 12.1 Å². The van der Waals surface area contributed by atoms with Crippen LogP contribution in [0.5, 0.6) is 0 Å². The van der Waals surface area contributed by atoms with Gasteiger partial charge < -0.3 is 5.11 Å². The van der Waals surface area contributed by atoms with Gasteiger partial charge in [0.2, 0.25) is 0 Å². The number of rotatable bonds is 4. The maximum atomic E-state index is 12.9. The molecule has 1 aliphatic rings. The highest BCUT2D eigenvalue weighted by Gasteiger charge is 2.27. The first-order valence-corrected chi connectivity index (χ1v) is 7.14. The Hall–Kier alpha value is -0.890. The van der Waals surface area contributed by atoms with E-state index >= 15 is 0 Å². The average molecular weight is 250 g/mol. The Balaban J connectivity index is 1.99.